The average Bonchev–Trinajstić information content (AvgIpc) is 3.28. The van der Waals surface area contributed by atoms with Crippen LogP contribution in [0.2, 0.25) is 0 Å². The minimum absolute atomic E-state index is 1.05. The first-order valence-electron chi connectivity index (χ1n) is 34.1. The first-order valence-corrected chi connectivity index (χ1v) is 38.7. The van der Waals surface area contributed by atoms with Crippen LogP contribution in [0.3, 0.4) is 0 Å². The van der Waals surface area contributed by atoms with Gasteiger partial charge in [-0.05, 0) is 51.4 Å². The third-order valence-corrected chi connectivity index (χ3v) is 18.5. The predicted octanol–water partition coefficient (Wildman–Crippen LogP) is 23.3. The second-order valence-electron chi connectivity index (χ2n) is 21.6. The molecule has 0 aromatic rings. The van der Waals surface area contributed by atoms with Gasteiger partial charge in [0.25, 0.3) is 0 Å². The van der Waals surface area contributed by atoms with E-state index in [0.29, 0.717) is 0 Å². The molecule has 0 unspecified atom stereocenters. The molecule has 0 aromatic carbocycles. The smallest absolute Gasteiger partial charge is 0.0654 e. The van der Waals surface area contributed by atoms with Crippen molar-refractivity contribution in [3.8, 4) is 0 Å². The molecule has 89 heavy (non-hydrogen) atoms. The summed E-state index contributed by atoms with van der Waals surface area (Å²) in [5.41, 5.74) is 0. The van der Waals surface area contributed by atoms with Crippen LogP contribution in [0.4, 0.5) is 0 Å². The van der Waals surface area contributed by atoms with Crippen LogP contribution in [-0.4, -0.2) is 43.9 Å². The number of rotatable bonds is 56. The molecule has 8 nitrogen and oxygen atoms in total. The summed E-state index contributed by atoms with van der Waals surface area (Å²) in [4.78, 5) is 54.0. The monoisotopic (exact) mass is 1320 g/mol. The molecule has 0 aliphatic carbocycles. The van der Waals surface area contributed by atoms with Crippen LogP contribution >= 0.6 is 0 Å². The zero-order valence-corrected chi connectivity index (χ0v) is 58.3. The van der Waals surface area contributed by atoms with E-state index < -0.39 is 43.9 Å². The van der Waals surface area contributed by atoms with Crippen molar-refractivity contribution in [2.45, 2.75) is 233 Å². The summed E-state index contributed by atoms with van der Waals surface area (Å²) < 4.78 is 22.6. The first kappa shape index (κ1) is 82.5. The Kier molecular flexibility index (Phi) is 63.9. The number of allylic oxidation sites excluding steroid dienone is 36. The molecule has 0 bridgehead atoms. The van der Waals surface area contributed by atoms with Crippen LogP contribution in [-0.2, 0) is 31.5 Å². The molecule has 0 radical (unpaired) electrons. The fourth-order valence-corrected chi connectivity index (χ4v) is 12.7. The summed E-state index contributed by atoms with van der Waals surface area (Å²) in [5.74, 6) is -4.25. The van der Waals surface area contributed by atoms with Crippen molar-refractivity contribution in [1.29, 1.82) is 0 Å². The average molecular weight is 1320 g/mol. The molecule has 0 N–H and O–H groups in total. The minimum atomic E-state index is -6.35. The molecule has 0 aliphatic rings. The molecule has 488 valence electrons. The van der Waals surface area contributed by atoms with Crippen LogP contribution in [0.15, 0.2) is 243 Å². The Bertz CT molecular complexity index is 2060. The minimum Gasteiger partial charge on any atom is -0.0654 e. The molecule has 0 aliphatic heterocycles. The van der Waals surface area contributed by atoms with Gasteiger partial charge in [-0.2, -0.15) is 0 Å². The standard InChI is InChI=1S/4C20H30O2.Sn/c4*1-2-3-4-5-6-7-8-9-10-11-12-13-14-15-16-17-18-19-20(21)22;/h4*10-19H,2-9H2,1H3,(H,21,22);/q;;;;+4/p-4. The number of carbonyl (C=O) groups is 4. The van der Waals surface area contributed by atoms with Gasteiger partial charge in [-0.15, -0.1) is 0 Å². The molecule has 0 atom stereocenters. The third kappa shape index (κ3) is 64.3. The Morgan fingerprint density at radius 3 is 0.528 bits per heavy atom. The topological polar surface area (TPSA) is 105 Å². The van der Waals surface area contributed by atoms with E-state index in [2.05, 4.69) is 52.0 Å². The van der Waals surface area contributed by atoms with Gasteiger partial charge in [0.1, 0.15) is 0 Å². The fourth-order valence-electron chi connectivity index (χ4n) is 8.41. The van der Waals surface area contributed by atoms with E-state index in [1.165, 1.54) is 204 Å². The molecule has 0 saturated carbocycles. The van der Waals surface area contributed by atoms with Gasteiger partial charge in [0.2, 0.25) is 0 Å². The van der Waals surface area contributed by atoms with Crippen LogP contribution in [0.5, 0.6) is 0 Å². The Labute approximate surface area is 548 Å². The molecule has 0 aromatic heterocycles. The SMILES string of the molecule is CCCCCCCCCC=CC=CC=CC=CC=CC(=O)[O][Sn]([O]C(=O)C=CC=CC=CC=CC=CCCCCCCCCC)([O]C(=O)C=CC=CC=CC=CC=CCCCCCCCCC)[O]C(=O)C=CC=CC=CC=CC=CCCCCCCCCC. The Balaban J connectivity index is 6.38. The fraction of sp³-hybridized carbons (Fsp3) is 0.450. The number of unbranched alkanes of at least 4 members (excludes halogenated alkanes) is 28. The maximum absolute atomic E-state index is 13.5. The van der Waals surface area contributed by atoms with Gasteiger partial charge < -0.3 is 0 Å². The van der Waals surface area contributed by atoms with E-state index in [0.717, 1.165) is 50.0 Å². The zero-order chi connectivity index (χ0) is 64.5. The molecular formula is C80H116O8Sn. The van der Waals surface area contributed by atoms with E-state index in [1.807, 2.05) is 97.2 Å². The van der Waals surface area contributed by atoms with Crippen molar-refractivity contribution in [3.63, 3.8) is 0 Å². The molecule has 0 rings (SSSR count). The Hall–Kier alpha value is -6.52. The van der Waals surface area contributed by atoms with Crippen molar-refractivity contribution in [2.75, 3.05) is 0 Å². The van der Waals surface area contributed by atoms with Crippen molar-refractivity contribution in [3.05, 3.63) is 243 Å². The molecule has 0 saturated heterocycles. The number of hydrogen-bond donors (Lipinski definition) is 0. The van der Waals surface area contributed by atoms with Gasteiger partial charge in [-0.1, -0.05) is 182 Å². The van der Waals surface area contributed by atoms with Crippen molar-refractivity contribution in [1.82, 2.24) is 0 Å². The molecular weight excluding hydrogens is 1210 g/mol. The number of hydrogen-bond acceptors (Lipinski definition) is 8. The summed E-state index contributed by atoms with van der Waals surface area (Å²) in [6.07, 6.45) is 110. The molecule has 0 spiro atoms. The van der Waals surface area contributed by atoms with E-state index in [-0.39, 0.29) is 0 Å². The van der Waals surface area contributed by atoms with Gasteiger partial charge in [0, 0.05) is 0 Å². The van der Waals surface area contributed by atoms with Gasteiger partial charge in [0.05, 0.1) is 0 Å². The maximum atomic E-state index is 13.5. The van der Waals surface area contributed by atoms with E-state index in [1.54, 1.807) is 72.9 Å². The number of carbonyl (C=O) groups excluding carboxylic acids is 4. The third-order valence-electron chi connectivity index (χ3n) is 13.4. The van der Waals surface area contributed by atoms with Crippen molar-refractivity contribution < 1.29 is 31.5 Å². The summed E-state index contributed by atoms with van der Waals surface area (Å²) in [6.45, 7) is 8.95. The van der Waals surface area contributed by atoms with Crippen LogP contribution in [0, 0.1) is 0 Å². The quantitative estimate of drug-likeness (QED) is 0.0257. The molecule has 9 heteroatoms. The van der Waals surface area contributed by atoms with Gasteiger partial charge >= 0.3 is 318 Å². The van der Waals surface area contributed by atoms with E-state index >= 15 is 0 Å². The van der Waals surface area contributed by atoms with Gasteiger partial charge in [0.15, 0.2) is 0 Å². The van der Waals surface area contributed by atoms with E-state index in [9.17, 15) is 19.2 Å². The normalized spacial score (nSPS) is 14.0. The summed E-state index contributed by atoms with van der Waals surface area (Å²) in [5, 5.41) is 0. The van der Waals surface area contributed by atoms with E-state index in [4.69, 9.17) is 12.3 Å². The van der Waals surface area contributed by atoms with Gasteiger partial charge in [-0.3, -0.25) is 0 Å². The first-order chi connectivity index (χ1) is 43.8. The van der Waals surface area contributed by atoms with Gasteiger partial charge in [-0.25, -0.2) is 0 Å². The summed E-state index contributed by atoms with van der Waals surface area (Å²) >= 11 is -6.35. The Morgan fingerprint density at radius 1 is 0.202 bits per heavy atom. The molecule has 0 amide bonds. The summed E-state index contributed by atoms with van der Waals surface area (Å²) in [6, 6.07) is 0. The molecule has 0 fully saturated rings. The van der Waals surface area contributed by atoms with Crippen LogP contribution < -0.4 is 0 Å². The zero-order valence-electron chi connectivity index (χ0n) is 55.5. The van der Waals surface area contributed by atoms with Crippen molar-refractivity contribution >= 4 is 43.9 Å². The predicted molar refractivity (Wildman–Crippen MR) is 383 cm³/mol. The van der Waals surface area contributed by atoms with Crippen LogP contribution in [0.1, 0.15) is 233 Å². The van der Waals surface area contributed by atoms with Crippen LogP contribution in [0.25, 0.3) is 0 Å². The second-order valence-corrected chi connectivity index (χ2v) is 26.8. The Morgan fingerprint density at radius 2 is 0.348 bits per heavy atom. The molecule has 0 heterocycles. The second kappa shape index (κ2) is 69.0. The van der Waals surface area contributed by atoms with Crippen molar-refractivity contribution in [2.24, 2.45) is 0 Å². The summed E-state index contributed by atoms with van der Waals surface area (Å²) in [7, 11) is 0.